The minimum atomic E-state index is -1.98. The second kappa shape index (κ2) is 47.0. The number of carboxylic acid groups (broad SMARTS) is 1. The van der Waals surface area contributed by atoms with Gasteiger partial charge in [0, 0.05) is 6.42 Å². The molecule has 0 aromatic rings. The van der Waals surface area contributed by atoms with E-state index in [2.05, 4.69) is 69.1 Å². The highest BCUT2D eigenvalue weighted by Gasteiger charge is 2.39. The van der Waals surface area contributed by atoms with Gasteiger partial charge in [-0.05, 0) is 155 Å². The number of carbonyl (C=O) groups excluding carboxylic acids is 14. The van der Waals surface area contributed by atoms with E-state index in [9.17, 15) is 92.3 Å². The minimum absolute atomic E-state index is 0.0145. The molecule has 0 unspecified atom stereocenters. The zero-order valence-electron chi connectivity index (χ0n) is 59.0. The molecule has 1 rings (SSSR count). The topological polar surface area (TPSA) is 623 Å². The van der Waals surface area contributed by atoms with Crippen LogP contribution in [0, 0.1) is 17.8 Å². The molecule has 1 fully saturated rings. The van der Waals surface area contributed by atoms with E-state index in [-0.39, 0.29) is 69.9 Å². The maximum absolute atomic E-state index is 14.3. The fraction of sp³-hybridized carbons (Fsp3) is 0.762. The lowest BCUT2D eigenvalue weighted by atomic mass is 9.99. The molecule has 0 bridgehead atoms. The Morgan fingerprint density at radius 3 is 1.17 bits per heavy atom. The number of aliphatic carboxylic acids is 1. The Morgan fingerprint density at radius 2 is 0.770 bits per heavy atom. The van der Waals surface area contributed by atoms with E-state index in [1.165, 1.54) is 6.92 Å². The van der Waals surface area contributed by atoms with Crippen LogP contribution in [-0.2, 0) is 71.9 Å². The van der Waals surface area contributed by atoms with Crippen molar-refractivity contribution < 1.29 is 92.3 Å². The lowest BCUT2D eigenvalue weighted by molar-refractivity contribution is -0.145. The molecule has 100 heavy (non-hydrogen) atoms. The van der Waals surface area contributed by atoms with Gasteiger partial charge in [-0.2, -0.15) is 0 Å². The van der Waals surface area contributed by atoms with E-state index in [0.717, 1.165) is 20.3 Å². The molecule has 14 amide bonds. The molecule has 1 aliphatic rings. The van der Waals surface area contributed by atoms with Crippen LogP contribution in [0.25, 0.3) is 0 Å². The molecule has 0 aromatic heterocycles. The van der Waals surface area contributed by atoms with Gasteiger partial charge in [-0.25, -0.2) is 4.79 Å². The molecule has 0 saturated carbocycles. The van der Waals surface area contributed by atoms with Gasteiger partial charge in [0.25, 0.3) is 0 Å². The Morgan fingerprint density at radius 1 is 0.410 bits per heavy atom. The zero-order valence-corrected chi connectivity index (χ0v) is 59.0. The Bertz CT molecular complexity index is 2720. The molecule has 1 aliphatic heterocycles. The third-order valence-electron chi connectivity index (χ3n) is 16.1. The number of hydrogen-bond acceptors (Lipinski definition) is 22. The number of primary amides is 2. The summed E-state index contributed by atoms with van der Waals surface area (Å²) in [5.41, 5.74) is 28.1. The van der Waals surface area contributed by atoms with Gasteiger partial charge in [0.1, 0.15) is 66.5 Å². The van der Waals surface area contributed by atoms with Crippen LogP contribution in [0.3, 0.4) is 0 Å². The van der Waals surface area contributed by atoms with E-state index >= 15 is 0 Å². The summed E-state index contributed by atoms with van der Waals surface area (Å²) < 4.78 is 0. The van der Waals surface area contributed by atoms with Crippen LogP contribution in [0.15, 0.2) is 0 Å². The van der Waals surface area contributed by atoms with Crippen LogP contribution in [0.2, 0.25) is 0 Å². The number of unbranched alkanes of at least 4 members (excludes halogenated alkanes) is 3. The highest BCUT2D eigenvalue weighted by atomic mass is 16.4. The number of hydrogen-bond donors (Lipinski definition) is 22. The van der Waals surface area contributed by atoms with E-state index in [1.54, 1.807) is 41.5 Å². The predicted molar refractivity (Wildman–Crippen MR) is 363 cm³/mol. The van der Waals surface area contributed by atoms with Gasteiger partial charge in [-0.1, -0.05) is 41.5 Å². The minimum Gasteiger partial charge on any atom is -0.480 e. The quantitative estimate of drug-likeness (QED) is 0.0252. The van der Waals surface area contributed by atoms with Gasteiger partial charge in [0.15, 0.2) is 6.04 Å². The van der Waals surface area contributed by atoms with Gasteiger partial charge < -0.3 is 118 Å². The van der Waals surface area contributed by atoms with Crippen molar-refractivity contribution >= 4 is 88.7 Å². The van der Waals surface area contributed by atoms with Crippen LogP contribution in [0.5, 0.6) is 0 Å². The molecular formula is C63H114N18O19. The Labute approximate surface area is 583 Å². The summed E-state index contributed by atoms with van der Waals surface area (Å²) >= 11 is 0. The number of aliphatic hydroxyl groups excluding tert-OH is 3. The maximum atomic E-state index is 14.3. The molecule has 1 saturated heterocycles. The smallest absolute Gasteiger partial charge is 0.328 e. The number of aliphatic hydroxyl groups is 3. The van der Waals surface area contributed by atoms with Crippen molar-refractivity contribution in [1.82, 2.24) is 69.1 Å². The van der Waals surface area contributed by atoms with E-state index in [4.69, 9.17) is 28.7 Å². The first-order valence-corrected chi connectivity index (χ1v) is 34.2. The summed E-state index contributed by atoms with van der Waals surface area (Å²) in [6.45, 7) is 13.8. The van der Waals surface area contributed by atoms with Gasteiger partial charge >= 0.3 is 5.97 Å². The molecular weight excluding hydrogens is 1310 g/mol. The molecule has 27 N–H and O–H groups in total. The number of nitrogens with one attached hydrogen (secondary N) is 13. The van der Waals surface area contributed by atoms with E-state index in [1.807, 2.05) is 0 Å². The van der Waals surface area contributed by atoms with Crippen LogP contribution < -0.4 is 97.8 Å². The number of carbonyl (C=O) groups is 15. The second-order valence-electron chi connectivity index (χ2n) is 26.4. The number of nitrogens with two attached hydrogens (primary N) is 5. The lowest BCUT2D eigenvalue weighted by Crippen LogP contribution is -2.62. The maximum Gasteiger partial charge on any atom is 0.328 e. The molecule has 0 aliphatic carbocycles. The summed E-state index contributed by atoms with van der Waals surface area (Å²) in [4.78, 5) is 203. The first-order valence-electron chi connectivity index (χ1n) is 34.2. The van der Waals surface area contributed by atoms with Crippen molar-refractivity contribution in [3.8, 4) is 0 Å². The highest BCUT2D eigenvalue weighted by molar-refractivity contribution is 6.00. The Balaban J connectivity index is 3.54. The van der Waals surface area contributed by atoms with Gasteiger partial charge in [0.2, 0.25) is 82.7 Å². The lowest BCUT2D eigenvalue weighted by Gasteiger charge is -2.29. The van der Waals surface area contributed by atoms with Crippen molar-refractivity contribution in [2.24, 2.45) is 46.4 Å². The summed E-state index contributed by atoms with van der Waals surface area (Å²) in [6, 6.07) is -19.2. The average Bonchev–Trinajstić information content (AvgIpc) is 0.925. The molecule has 570 valence electrons. The first kappa shape index (κ1) is 89.8. The Kier molecular flexibility index (Phi) is 42.2. The fourth-order valence-electron chi connectivity index (χ4n) is 10.4. The van der Waals surface area contributed by atoms with Crippen molar-refractivity contribution in [3.05, 3.63) is 0 Å². The molecule has 15 atom stereocenters. The molecule has 37 heteroatoms. The molecule has 0 aromatic carbocycles. The molecule has 0 spiro atoms. The fourth-order valence-corrected chi connectivity index (χ4v) is 10.4. The van der Waals surface area contributed by atoms with E-state index in [0.29, 0.717) is 45.2 Å². The molecule has 37 nitrogen and oxygen atoms in total. The summed E-state index contributed by atoms with van der Waals surface area (Å²) in [5, 5.41) is 73.0. The normalized spacial score (nSPS) is 17.0. The Hall–Kier alpha value is -8.23. The number of amides is 14. The molecule has 0 radical (unpaired) electrons. The van der Waals surface area contributed by atoms with Crippen LogP contribution in [0.4, 0.5) is 0 Å². The zero-order chi connectivity index (χ0) is 76.1. The van der Waals surface area contributed by atoms with Crippen LogP contribution in [-0.4, -0.2) is 233 Å². The SMILES string of the molecule is CC(C)C[C@H](NC(=O)[C@H](CCCCN)NC(=O)[C@H](CC(C)C)NC(=O)[C@@H](NC(=O)[C@H](CC(N)=O)NC(=O)[C@H](CCC(N)=O)NC(=O)[C@H](CCCCN)NC(=O)[C@@H](NC(=O)[C@H](CO)NC(=O)[C@H](CCCCN)NC(=O)[C@@H]1CCCN1)C(C)C)[C@@H](C)O)C(=O)N[C@@H](C)C(=O)N[C@H](C(=O)O)[C@@H](C)O. The van der Waals surface area contributed by atoms with Crippen molar-refractivity contribution in [2.45, 2.75) is 256 Å². The van der Waals surface area contributed by atoms with Crippen LogP contribution in [0.1, 0.15) is 165 Å². The third-order valence-corrected chi connectivity index (χ3v) is 16.1. The summed E-state index contributed by atoms with van der Waals surface area (Å²) in [6.07, 6.45) is -2.01. The van der Waals surface area contributed by atoms with Gasteiger partial charge in [-0.3, -0.25) is 67.1 Å². The predicted octanol–water partition coefficient (Wildman–Crippen LogP) is -7.31. The standard InChI is InChI=1S/C63H114N18O19/c1-31(2)27-42(57(93)70-34(7)51(87)81-50(36(9)84)63(99)100)75-54(90)38(17-10-13-23-64)72-58(94)43(28-32(3)4)77-62(98)49(35(8)83)80-59(95)44(29-47(68)86)76-56(92)41(21-22-46(67)85)73-53(89)40(19-12-15-25-66)74-61(97)48(33(5)6)79-60(96)45(30-82)78-55(91)39(18-11-14-24-65)71-52(88)37-20-16-26-69-37/h31-45,48-50,69,82-84H,10-30,64-66H2,1-9H3,(H2,67,85)(H2,68,86)(H,70,93)(H,71,88)(H,72,94)(H,73,89)(H,74,97)(H,75,90)(H,76,92)(H,77,98)(H,78,91)(H,79,96)(H,80,95)(H,81,87)(H,99,100)/t34-,35+,36+,37-,38-,39-,40-,41-,42-,43-,44-,45-,48-,49-,50-/m0/s1. The third kappa shape index (κ3) is 33.8. The van der Waals surface area contributed by atoms with Crippen molar-refractivity contribution in [1.29, 1.82) is 0 Å². The summed E-state index contributed by atoms with van der Waals surface area (Å²) in [7, 11) is 0. The number of rotatable bonds is 50. The highest BCUT2D eigenvalue weighted by Crippen LogP contribution is 2.15. The largest absolute Gasteiger partial charge is 0.480 e. The monoisotopic (exact) mass is 1430 g/mol. The van der Waals surface area contributed by atoms with Crippen molar-refractivity contribution in [2.75, 3.05) is 32.8 Å². The number of carboxylic acids is 1. The first-order chi connectivity index (χ1) is 46.9. The van der Waals surface area contributed by atoms with E-state index < -0.39 is 211 Å². The molecule has 1 heterocycles. The van der Waals surface area contributed by atoms with Crippen molar-refractivity contribution in [3.63, 3.8) is 0 Å². The van der Waals surface area contributed by atoms with Crippen LogP contribution >= 0.6 is 0 Å². The van der Waals surface area contributed by atoms with Gasteiger partial charge in [0.05, 0.1) is 31.3 Å². The second-order valence-corrected chi connectivity index (χ2v) is 26.4. The summed E-state index contributed by atoms with van der Waals surface area (Å²) in [5.74, 6) is -16.5. The van der Waals surface area contributed by atoms with Gasteiger partial charge in [-0.15, -0.1) is 0 Å². The average molecular weight is 1430 g/mol.